The normalized spacial score (nSPS) is 16.0. The zero-order valence-corrected chi connectivity index (χ0v) is 17.2. The van der Waals surface area contributed by atoms with Crippen LogP contribution < -0.4 is 5.32 Å². The minimum Gasteiger partial charge on any atom is -0.396 e. The number of nitrogens with zero attached hydrogens (tertiary/aromatic N) is 1. The minimum atomic E-state index is -0.352. The van der Waals surface area contributed by atoms with Crippen LogP contribution in [0, 0.1) is 17.8 Å². The number of benzene rings is 1. The summed E-state index contributed by atoms with van der Waals surface area (Å²) in [5, 5.41) is 21.3. The van der Waals surface area contributed by atoms with E-state index in [-0.39, 0.29) is 24.0 Å². The van der Waals surface area contributed by atoms with Crippen LogP contribution in [-0.2, 0) is 16.1 Å². The van der Waals surface area contributed by atoms with Gasteiger partial charge < -0.3 is 20.4 Å². The first-order chi connectivity index (χ1) is 13.2. The molecule has 1 aromatic carbocycles. The predicted molar refractivity (Wildman–Crippen MR) is 110 cm³/mol. The highest BCUT2D eigenvalue weighted by Crippen LogP contribution is 2.26. The third-order valence-electron chi connectivity index (χ3n) is 4.53. The van der Waals surface area contributed by atoms with Crippen molar-refractivity contribution in [3.8, 4) is 12.3 Å². The molecule has 0 spiro atoms. The van der Waals surface area contributed by atoms with Gasteiger partial charge in [-0.1, -0.05) is 37.4 Å². The van der Waals surface area contributed by atoms with Crippen LogP contribution in [0.25, 0.3) is 0 Å². The largest absolute Gasteiger partial charge is 0.396 e. The minimum absolute atomic E-state index is 0.0880. The summed E-state index contributed by atoms with van der Waals surface area (Å²) in [6.07, 6.45) is 7.23. The van der Waals surface area contributed by atoms with Crippen LogP contribution >= 0.6 is 11.6 Å². The van der Waals surface area contributed by atoms with Gasteiger partial charge in [-0.3, -0.25) is 9.59 Å². The van der Waals surface area contributed by atoms with Gasteiger partial charge in [0.05, 0.1) is 6.10 Å². The van der Waals surface area contributed by atoms with Gasteiger partial charge in [-0.2, -0.15) is 0 Å². The van der Waals surface area contributed by atoms with Crippen molar-refractivity contribution in [2.24, 2.45) is 5.41 Å². The fraction of sp³-hybridized carbons (Fsp3) is 0.524. The number of hydrogen-bond donors (Lipinski definition) is 3. The molecule has 0 bridgehead atoms. The van der Waals surface area contributed by atoms with Crippen molar-refractivity contribution in [1.29, 1.82) is 0 Å². The molecule has 2 amide bonds. The van der Waals surface area contributed by atoms with Gasteiger partial charge in [-0.25, -0.2) is 0 Å². The van der Waals surface area contributed by atoms with Crippen LogP contribution in [0.2, 0.25) is 5.02 Å². The van der Waals surface area contributed by atoms with E-state index in [9.17, 15) is 14.7 Å². The lowest BCUT2D eigenvalue weighted by Crippen LogP contribution is -2.33. The molecule has 2 rings (SSSR count). The number of nitrogens with one attached hydrogen (secondary N) is 1. The third kappa shape index (κ3) is 8.30. The highest BCUT2D eigenvalue weighted by Gasteiger charge is 2.29. The zero-order valence-electron chi connectivity index (χ0n) is 16.4. The van der Waals surface area contributed by atoms with E-state index in [0.717, 1.165) is 11.1 Å². The molecule has 0 aromatic heterocycles. The lowest BCUT2D eigenvalue weighted by Gasteiger charge is -2.26. The summed E-state index contributed by atoms with van der Waals surface area (Å²) in [5.74, 6) is 2.56. The summed E-state index contributed by atoms with van der Waals surface area (Å²) >= 11 is 5.89. The van der Waals surface area contributed by atoms with Crippen LogP contribution in [0.4, 0.5) is 0 Å². The predicted octanol–water partition coefficient (Wildman–Crippen LogP) is 1.95. The molecule has 1 aliphatic rings. The quantitative estimate of drug-likeness (QED) is 0.475. The van der Waals surface area contributed by atoms with E-state index in [2.05, 4.69) is 11.2 Å². The number of aliphatic hydroxyl groups is 2. The van der Waals surface area contributed by atoms with Crippen molar-refractivity contribution in [3.63, 3.8) is 0 Å². The van der Waals surface area contributed by atoms with Crippen LogP contribution in [-0.4, -0.2) is 53.2 Å². The molecule has 154 valence electrons. The Bertz CT molecular complexity index is 700. The van der Waals surface area contributed by atoms with Gasteiger partial charge in [0.15, 0.2) is 0 Å². The number of rotatable bonds is 7. The average Bonchev–Trinajstić information content (AvgIpc) is 3.07. The topological polar surface area (TPSA) is 89.9 Å². The number of terminal acetylenes is 1. The first-order valence-electron chi connectivity index (χ1n) is 9.21. The van der Waals surface area contributed by atoms with E-state index < -0.39 is 0 Å². The van der Waals surface area contributed by atoms with Gasteiger partial charge in [-0.15, -0.1) is 6.42 Å². The zero-order chi connectivity index (χ0) is 21.2. The maximum absolute atomic E-state index is 11.8. The summed E-state index contributed by atoms with van der Waals surface area (Å²) in [6.45, 7) is 5.63. The van der Waals surface area contributed by atoms with E-state index in [1.807, 2.05) is 13.8 Å². The average molecular weight is 409 g/mol. The van der Waals surface area contributed by atoms with E-state index in [4.69, 9.17) is 23.1 Å². The molecular weight excluding hydrogens is 380 g/mol. The number of carbonyl (C=O) groups is 2. The molecule has 1 atom stereocenters. The lowest BCUT2D eigenvalue weighted by molar-refractivity contribution is -0.132. The lowest BCUT2D eigenvalue weighted by atomic mass is 9.85. The third-order valence-corrected chi connectivity index (χ3v) is 4.88. The molecule has 1 aliphatic heterocycles. The Hall–Kier alpha value is -2.07. The first kappa shape index (κ1) is 24.0. The maximum atomic E-state index is 11.8. The highest BCUT2D eigenvalue weighted by atomic mass is 35.5. The molecule has 6 nitrogen and oxygen atoms in total. The second-order valence-corrected chi connectivity index (χ2v) is 7.95. The Kier molecular flexibility index (Phi) is 10.0. The number of aliphatic hydroxyl groups excluding tert-OH is 2. The van der Waals surface area contributed by atoms with E-state index in [1.54, 1.807) is 23.1 Å². The molecule has 0 saturated carbocycles. The van der Waals surface area contributed by atoms with Crippen molar-refractivity contribution in [1.82, 2.24) is 10.2 Å². The summed E-state index contributed by atoms with van der Waals surface area (Å²) in [4.78, 5) is 23.6. The molecule has 0 radical (unpaired) electrons. The van der Waals surface area contributed by atoms with Crippen LogP contribution in [0.3, 0.4) is 0 Å². The van der Waals surface area contributed by atoms with Crippen LogP contribution in [0.15, 0.2) is 18.2 Å². The fourth-order valence-corrected chi connectivity index (χ4v) is 3.06. The number of halogens is 1. The Morgan fingerprint density at radius 3 is 2.71 bits per heavy atom. The van der Waals surface area contributed by atoms with Gasteiger partial charge in [0.1, 0.15) is 0 Å². The van der Waals surface area contributed by atoms with Crippen LogP contribution in [0.1, 0.15) is 44.2 Å². The monoisotopic (exact) mass is 408 g/mol. The van der Waals surface area contributed by atoms with Crippen molar-refractivity contribution in [3.05, 3.63) is 34.3 Å². The molecule has 1 heterocycles. The van der Waals surface area contributed by atoms with E-state index >= 15 is 0 Å². The van der Waals surface area contributed by atoms with Crippen molar-refractivity contribution >= 4 is 23.9 Å². The Morgan fingerprint density at radius 2 is 2.21 bits per heavy atom. The molecule has 1 aromatic rings. The van der Waals surface area contributed by atoms with Crippen molar-refractivity contribution in [2.45, 2.75) is 45.8 Å². The van der Waals surface area contributed by atoms with Crippen molar-refractivity contribution in [2.75, 3.05) is 19.7 Å². The van der Waals surface area contributed by atoms with Gasteiger partial charge in [0.2, 0.25) is 12.3 Å². The van der Waals surface area contributed by atoms with Gasteiger partial charge in [0, 0.05) is 43.2 Å². The number of likely N-dealkylation sites (tertiary alicyclic amines) is 1. The molecule has 7 heteroatoms. The molecular formula is C21H29ClN2O4. The van der Waals surface area contributed by atoms with E-state index in [0.29, 0.717) is 50.3 Å². The number of amides is 2. The smallest absolute Gasteiger partial charge is 0.223 e. The second-order valence-electron chi connectivity index (χ2n) is 7.55. The summed E-state index contributed by atoms with van der Waals surface area (Å²) in [5.41, 5.74) is 1.44. The second kappa shape index (κ2) is 11.7. The fourth-order valence-electron chi connectivity index (χ4n) is 2.81. The summed E-state index contributed by atoms with van der Waals surface area (Å²) in [6, 6.07) is 5.28. The Morgan fingerprint density at radius 1 is 1.50 bits per heavy atom. The molecule has 3 N–H and O–H groups in total. The first-order valence-corrected chi connectivity index (χ1v) is 9.59. The van der Waals surface area contributed by atoms with Gasteiger partial charge >= 0.3 is 0 Å². The summed E-state index contributed by atoms with van der Waals surface area (Å²) < 4.78 is 0. The number of carbonyl (C=O) groups excluding carboxylic acids is 2. The molecule has 1 saturated heterocycles. The van der Waals surface area contributed by atoms with Gasteiger partial charge in [-0.05, 0) is 36.0 Å². The van der Waals surface area contributed by atoms with E-state index in [1.165, 1.54) is 0 Å². The SMILES string of the molecule is C#Cc1ccc(CNC=O)c(Cl)c1.CC(C)(CCO)CC(=O)N1CCC(O)C1. The summed E-state index contributed by atoms with van der Waals surface area (Å²) in [7, 11) is 0. The maximum Gasteiger partial charge on any atom is 0.223 e. The number of β-amino-alcohol motifs (C(OH)–C–C–N with tert-alkyl or cyclic N) is 1. The Labute approximate surface area is 171 Å². The molecule has 0 aliphatic carbocycles. The molecule has 28 heavy (non-hydrogen) atoms. The van der Waals surface area contributed by atoms with Gasteiger partial charge in [0.25, 0.3) is 0 Å². The van der Waals surface area contributed by atoms with Crippen molar-refractivity contribution < 1.29 is 19.8 Å². The number of hydrogen-bond acceptors (Lipinski definition) is 4. The Balaban J connectivity index is 0.000000283. The molecule has 1 unspecified atom stereocenters. The van der Waals surface area contributed by atoms with Crippen LogP contribution in [0.5, 0.6) is 0 Å². The highest BCUT2D eigenvalue weighted by molar-refractivity contribution is 6.31. The molecule has 1 fully saturated rings. The standard InChI is InChI=1S/C11H21NO3.C10H8ClNO/c1-11(2,4-6-13)7-10(15)12-5-3-9(14)8-12;1-2-8-3-4-9(6-12-7-13)10(11)5-8/h9,13-14H,3-8H2,1-2H3;1,3-5,7H,6H2,(H,12,13).